The van der Waals surface area contributed by atoms with E-state index in [9.17, 15) is 14.7 Å². The van der Waals surface area contributed by atoms with Crippen molar-refractivity contribution in [2.24, 2.45) is 0 Å². The summed E-state index contributed by atoms with van der Waals surface area (Å²) in [5.41, 5.74) is -0.0982. The summed E-state index contributed by atoms with van der Waals surface area (Å²) in [4.78, 5) is 29.8. The van der Waals surface area contributed by atoms with Crippen molar-refractivity contribution in [3.05, 3.63) is 17.6 Å². The van der Waals surface area contributed by atoms with Gasteiger partial charge in [0, 0.05) is 13.0 Å². The van der Waals surface area contributed by atoms with Gasteiger partial charge >= 0.3 is 11.9 Å². The SMILES string of the molecule is COC(=O)c1cc(O)n2nc(COC(C)=O)nc2n1. The van der Waals surface area contributed by atoms with Crippen LogP contribution in [0.5, 0.6) is 5.88 Å². The van der Waals surface area contributed by atoms with Crippen LogP contribution < -0.4 is 0 Å². The number of carbonyl (C=O) groups is 2. The third-order valence-electron chi connectivity index (χ3n) is 2.14. The van der Waals surface area contributed by atoms with E-state index in [1.165, 1.54) is 14.0 Å². The Labute approximate surface area is 106 Å². The molecule has 9 nitrogen and oxygen atoms in total. The number of carbonyl (C=O) groups excluding carboxylic acids is 2. The molecule has 0 unspecified atom stereocenters. The average molecular weight is 266 g/mol. The fourth-order valence-electron chi connectivity index (χ4n) is 1.33. The second-order valence-corrected chi connectivity index (χ2v) is 3.51. The van der Waals surface area contributed by atoms with Gasteiger partial charge in [-0.2, -0.15) is 9.50 Å². The lowest BCUT2D eigenvalue weighted by molar-refractivity contribution is -0.142. The molecule has 19 heavy (non-hydrogen) atoms. The van der Waals surface area contributed by atoms with E-state index in [0.29, 0.717) is 0 Å². The number of hydrogen-bond acceptors (Lipinski definition) is 8. The first-order valence-electron chi connectivity index (χ1n) is 5.18. The van der Waals surface area contributed by atoms with Crippen molar-refractivity contribution in [2.45, 2.75) is 13.5 Å². The van der Waals surface area contributed by atoms with Crippen LogP contribution in [0.15, 0.2) is 6.07 Å². The summed E-state index contributed by atoms with van der Waals surface area (Å²) in [6.45, 7) is 1.10. The van der Waals surface area contributed by atoms with Gasteiger partial charge in [-0.3, -0.25) is 4.79 Å². The van der Waals surface area contributed by atoms with E-state index < -0.39 is 11.9 Å². The first-order chi connectivity index (χ1) is 9.01. The number of aromatic hydroxyl groups is 1. The van der Waals surface area contributed by atoms with Crippen LogP contribution in [0.2, 0.25) is 0 Å². The molecule has 2 heterocycles. The summed E-state index contributed by atoms with van der Waals surface area (Å²) in [5.74, 6) is -1.36. The zero-order chi connectivity index (χ0) is 14.0. The maximum absolute atomic E-state index is 11.3. The largest absolute Gasteiger partial charge is 0.493 e. The molecule has 0 saturated heterocycles. The minimum atomic E-state index is -0.706. The number of aromatic nitrogens is 4. The zero-order valence-electron chi connectivity index (χ0n) is 10.2. The number of hydrogen-bond donors (Lipinski definition) is 1. The Morgan fingerprint density at radius 2 is 2.16 bits per heavy atom. The molecule has 0 fully saturated rings. The quantitative estimate of drug-likeness (QED) is 0.751. The lowest BCUT2D eigenvalue weighted by Crippen LogP contribution is -2.06. The summed E-state index contributed by atoms with van der Waals surface area (Å²) in [6.07, 6.45) is 0. The number of nitrogens with zero attached hydrogens (tertiary/aromatic N) is 4. The minimum absolute atomic E-state index is 0.00236. The number of ether oxygens (including phenoxy) is 2. The second-order valence-electron chi connectivity index (χ2n) is 3.51. The first-order valence-corrected chi connectivity index (χ1v) is 5.18. The predicted octanol–water partition coefficient (Wildman–Crippen LogP) is -0.320. The molecule has 2 aromatic rings. The first kappa shape index (κ1) is 12.7. The smallest absolute Gasteiger partial charge is 0.357 e. The Bertz CT molecular complexity index is 651. The Kier molecular flexibility index (Phi) is 3.27. The Morgan fingerprint density at radius 1 is 1.42 bits per heavy atom. The Balaban J connectivity index is 2.39. The summed E-state index contributed by atoms with van der Waals surface area (Å²) < 4.78 is 10.2. The van der Waals surface area contributed by atoms with E-state index in [4.69, 9.17) is 4.74 Å². The maximum atomic E-state index is 11.3. The van der Waals surface area contributed by atoms with Gasteiger partial charge in [0.15, 0.2) is 18.1 Å². The molecule has 0 spiro atoms. The minimum Gasteiger partial charge on any atom is -0.493 e. The van der Waals surface area contributed by atoms with Crippen molar-refractivity contribution in [3.8, 4) is 5.88 Å². The van der Waals surface area contributed by atoms with Crippen molar-refractivity contribution in [2.75, 3.05) is 7.11 Å². The maximum Gasteiger partial charge on any atom is 0.357 e. The van der Waals surface area contributed by atoms with Crippen LogP contribution in [-0.4, -0.2) is 43.7 Å². The van der Waals surface area contributed by atoms with Crippen LogP contribution in [0, 0.1) is 0 Å². The normalized spacial score (nSPS) is 10.4. The number of rotatable bonds is 3. The van der Waals surface area contributed by atoms with Crippen LogP contribution in [-0.2, 0) is 20.9 Å². The number of fused-ring (bicyclic) bond motifs is 1. The van der Waals surface area contributed by atoms with E-state index in [1.807, 2.05) is 0 Å². The molecule has 0 aliphatic heterocycles. The van der Waals surface area contributed by atoms with Crippen LogP contribution >= 0.6 is 0 Å². The van der Waals surface area contributed by atoms with Crippen molar-refractivity contribution in [1.29, 1.82) is 0 Å². The van der Waals surface area contributed by atoms with E-state index in [-0.39, 0.29) is 29.8 Å². The van der Waals surface area contributed by atoms with Crippen molar-refractivity contribution in [3.63, 3.8) is 0 Å². The molecule has 2 aromatic heterocycles. The predicted molar refractivity (Wildman–Crippen MR) is 59.3 cm³/mol. The van der Waals surface area contributed by atoms with Gasteiger partial charge in [-0.25, -0.2) is 9.78 Å². The molecule has 0 aromatic carbocycles. The van der Waals surface area contributed by atoms with Gasteiger partial charge in [0.2, 0.25) is 5.88 Å². The van der Waals surface area contributed by atoms with Crippen molar-refractivity contribution in [1.82, 2.24) is 19.6 Å². The highest BCUT2D eigenvalue weighted by Gasteiger charge is 2.15. The molecule has 0 aliphatic rings. The molecule has 100 valence electrons. The van der Waals surface area contributed by atoms with Gasteiger partial charge in [-0.05, 0) is 0 Å². The van der Waals surface area contributed by atoms with Gasteiger partial charge in [-0.15, -0.1) is 5.10 Å². The molecule has 0 bridgehead atoms. The van der Waals surface area contributed by atoms with Crippen LogP contribution in [0.1, 0.15) is 23.2 Å². The molecule has 0 atom stereocenters. The van der Waals surface area contributed by atoms with Crippen LogP contribution in [0.3, 0.4) is 0 Å². The number of esters is 2. The van der Waals surface area contributed by atoms with E-state index in [1.54, 1.807) is 0 Å². The molecule has 0 aliphatic carbocycles. The van der Waals surface area contributed by atoms with Crippen molar-refractivity contribution >= 4 is 17.7 Å². The zero-order valence-corrected chi connectivity index (χ0v) is 10.2. The molecule has 0 amide bonds. The summed E-state index contributed by atoms with van der Waals surface area (Å²) in [5, 5.41) is 13.6. The molecule has 1 N–H and O–H groups in total. The topological polar surface area (TPSA) is 116 Å². The highest BCUT2D eigenvalue weighted by Crippen LogP contribution is 2.13. The van der Waals surface area contributed by atoms with E-state index >= 15 is 0 Å². The second kappa shape index (κ2) is 4.88. The Morgan fingerprint density at radius 3 is 2.79 bits per heavy atom. The lowest BCUT2D eigenvalue weighted by atomic mass is 10.4. The van der Waals surface area contributed by atoms with E-state index in [2.05, 4.69) is 19.8 Å². The molecule has 0 saturated carbocycles. The van der Waals surface area contributed by atoms with Gasteiger partial charge in [-0.1, -0.05) is 0 Å². The lowest BCUT2D eigenvalue weighted by Gasteiger charge is -1.99. The Hall–Kier alpha value is -2.71. The molecule has 2 rings (SSSR count). The third-order valence-corrected chi connectivity index (χ3v) is 2.14. The summed E-state index contributed by atoms with van der Waals surface area (Å²) in [6, 6.07) is 1.10. The summed E-state index contributed by atoms with van der Waals surface area (Å²) >= 11 is 0. The summed E-state index contributed by atoms with van der Waals surface area (Å²) in [7, 11) is 1.20. The highest BCUT2D eigenvalue weighted by atomic mass is 16.5. The highest BCUT2D eigenvalue weighted by molar-refractivity contribution is 5.87. The van der Waals surface area contributed by atoms with Gasteiger partial charge in [0.25, 0.3) is 5.78 Å². The third kappa shape index (κ3) is 2.59. The molecule has 0 radical (unpaired) electrons. The monoisotopic (exact) mass is 266 g/mol. The molecular formula is C10H10N4O5. The fraction of sp³-hybridized carbons (Fsp3) is 0.300. The van der Waals surface area contributed by atoms with Crippen LogP contribution in [0.25, 0.3) is 5.78 Å². The van der Waals surface area contributed by atoms with Gasteiger partial charge in [0.05, 0.1) is 7.11 Å². The van der Waals surface area contributed by atoms with Crippen molar-refractivity contribution < 1.29 is 24.2 Å². The van der Waals surface area contributed by atoms with Gasteiger partial charge < -0.3 is 14.6 Å². The average Bonchev–Trinajstić information content (AvgIpc) is 2.79. The molecule has 9 heteroatoms. The standard InChI is InChI=1S/C10H10N4O5/c1-5(15)19-4-7-12-10-11-6(9(17)18-2)3-8(16)14(10)13-7/h3,16H,4H2,1-2H3. The van der Waals surface area contributed by atoms with Gasteiger partial charge in [0.1, 0.15) is 0 Å². The van der Waals surface area contributed by atoms with Crippen LogP contribution in [0.4, 0.5) is 0 Å². The molecular weight excluding hydrogens is 256 g/mol. The van der Waals surface area contributed by atoms with E-state index in [0.717, 1.165) is 10.6 Å². The number of methoxy groups -OCH3 is 1. The fourth-order valence-corrected chi connectivity index (χ4v) is 1.33.